The second kappa shape index (κ2) is 7.04. The molecule has 1 aromatic carbocycles. The zero-order chi connectivity index (χ0) is 17.1. The van der Waals surface area contributed by atoms with Crippen molar-refractivity contribution in [2.24, 2.45) is 5.92 Å². The van der Waals surface area contributed by atoms with E-state index in [9.17, 15) is 4.79 Å². The van der Waals surface area contributed by atoms with Gasteiger partial charge in [0.2, 0.25) is 0 Å². The summed E-state index contributed by atoms with van der Waals surface area (Å²) in [5.74, 6) is 1.19. The molecule has 1 atom stereocenters. The van der Waals surface area contributed by atoms with Gasteiger partial charge >= 0.3 is 0 Å². The number of nitrogens with one attached hydrogen (secondary N) is 1. The smallest absolute Gasteiger partial charge is 0.256 e. The van der Waals surface area contributed by atoms with Crippen LogP contribution >= 0.6 is 0 Å². The number of aryl methyl sites for hydroxylation is 2. The minimum atomic E-state index is -0.120. The van der Waals surface area contributed by atoms with E-state index in [-0.39, 0.29) is 5.91 Å². The van der Waals surface area contributed by atoms with E-state index >= 15 is 0 Å². The first-order chi connectivity index (χ1) is 11.5. The largest absolute Gasteiger partial charge is 0.370 e. The van der Waals surface area contributed by atoms with Crippen molar-refractivity contribution < 1.29 is 4.79 Å². The lowest BCUT2D eigenvalue weighted by Crippen LogP contribution is -2.34. The molecule has 1 fully saturated rings. The first-order valence-corrected chi connectivity index (χ1v) is 8.62. The van der Waals surface area contributed by atoms with Gasteiger partial charge in [-0.3, -0.25) is 4.79 Å². The number of carbonyl (C=O) groups excluding carboxylic acids is 1. The Morgan fingerprint density at radius 2 is 2.04 bits per heavy atom. The molecule has 1 amide bonds. The predicted molar refractivity (Wildman–Crippen MR) is 98.7 cm³/mol. The molecule has 0 radical (unpaired) electrons. The highest BCUT2D eigenvalue weighted by molar-refractivity contribution is 6.03. The molecule has 24 heavy (non-hydrogen) atoms. The second-order valence-corrected chi connectivity index (χ2v) is 6.85. The molecule has 0 spiro atoms. The molecule has 1 unspecified atom stereocenters. The first-order valence-electron chi connectivity index (χ1n) is 8.62. The first kappa shape index (κ1) is 16.5. The number of carbonyl (C=O) groups is 1. The molecule has 1 N–H and O–H groups in total. The Kier molecular flexibility index (Phi) is 4.84. The molecule has 1 saturated heterocycles. The molecular formula is C20H25N3O. The van der Waals surface area contributed by atoms with E-state index in [1.807, 2.05) is 50.4 Å². The molecule has 4 nitrogen and oxygen atoms in total. The van der Waals surface area contributed by atoms with E-state index in [2.05, 4.69) is 22.1 Å². The van der Waals surface area contributed by atoms with Crippen molar-refractivity contribution in [2.75, 3.05) is 23.3 Å². The van der Waals surface area contributed by atoms with Crippen LogP contribution in [0.2, 0.25) is 0 Å². The Labute approximate surface area is 143 Å². The lowest BCUT2D eigenvalue weighted by molar-refractivity contribution is 0.102. The highest BCUT2D eigenvalue weighted by Crippen LogP contribution is 2.23. The molecule has 3 rings (SSSR count). The molecular weight excluding hydrogens is 298 g/mol. The van der Waals surface area contributed by atoms with Gasteiger partial charge in [0, 0.05) is 18.7 Å². The van der Waals surface area contributed by atoms with Crippen molar-refractivity contribution in [3.05, 3.63) is 53.2 Å². The summed E-state index contributed by atoms with van der Waals surface area (Å²) in [5.41, 5.74) is 4.09. The Morgan fingerprint density at radius 1 is 1.21 bits per heavy atom. The van der Waals surface area contributed by atoms with Gasteiger partial charge in [-0.15, -0.1) is 0 Å². The summed E-state index contributed by atoms with van der Waals surface area (Å²) in [6, 6.07) is 9.65. The van der Waals surface area contributed by atoms with Crippen LogP contribution in [0.1, 0.15) is 41.3 Å². The van der Waals surface area contributed by atoms with Crippen LogP contribution in [0.4, 0.5) is 11.5 Å². The Balaban J connectivity index is 1.67. The van der Waals surface area contributed by atoms with E-state index in [0.717, 1.165) is 30.3 Å². The van der Waals surface area contributed by atoms with Crippen molar-refractivity contribution in [3.8, 4) is 0 Å². The fraction of sp³-hybridized carbons (Fsp3) is 0.400. The number of pyridine rings is 1. The molecule has 1 aromatic heterocycles. The highest BCUT2D eigenvalue weighted by Gasteiger charge is 2.17. The van der Waals surface area contributed by atoms with Gasteiger partial charge in [0.05, 0.1) is 11.9 Å². The van der Waals surface area contributed by atoms with Crippen LogP contribution in [0.3, 0.4) is 0 Å². The third-order valence-electron chi connectivity index (χ3n) is 4.78. The summed E-state index contributed by atoms with van der Waals surface area (Å²) in [6.07, 6.45) is 4.38. The number of rotatable bonds is 3. The lowest BCUT2D eigenvalue weighted by atomic mass is 10.00. The molecule has 4 heteroatoms. The lowest BCUT2D eigenvalue weighted by Gasteiger charge is -2.32. The van der Waals surface area contributed by atoms with E-state index in [1.54, 1.807) is 0 Å². The number of amides is 1. The quantitative estimate of drug-likeness (QED) is 0.921. The maximum atomic E-state index is 12.3. The number of hydrogen-bond donors (Lipinski definition) is 1. The van der Waals surface area contributed by atoms with Crippen molar-refractivity contribution in [3.63, 3.8) is 0 Å². The molecule has 2 heterocycles. The van der Waals surface area contributed by atoms with Crippen LogP contribution in [-0.2, 0) is 0 Å². The average molecular weight is 323 g/mol. The second-order valence-electron chi connectivity index (χ2n) is 6.85. The van der Waals surface area contributed by atoms with E-state index in [4.69, 9.17) is 0 Å². The minimum absolute atomic E-state index is 0.120. The van der Waals surface area contributed by atoms with E-state index in [0.29, 0.717) is 11.4 Å². The van der Waals surface area contributed by atoms with Crippen LogP contribution in [0.5, 0.6) is 0 Å². The van der Waals surface area contributed by atoms with Crippen LogP contribution < -0.4 is 10.2 Å². The maximum Gasteiger partial charge on any atom is 0.256 e. The fourth-order valence-electron chi connectivity index (χ4n) is 3.14. The normalized spacial score (nSPS) is 17.6. The Bertz CT molecular complexity index is 724. The SMILES string of the molecule is Cc1ccc(C(=O)Nc2ccc(N3CCCC(C)C3)cn2)cc1C. The summed E-state index contributed by atoms with van der Waals surface area (Å²) < 4.78 is 0. The van der Waals surface area contributed by atoms with E-state index < -0.39 is 0 Å². The van der Waals surface area contributed by atoms with E-state index in [1.165, 1.54) is 18.4 Å². The number of nitrogens with zero attached hydrogens (tertiary/aromatic N) is 2. The maximum absolute atomic E-state index is 12.3. The Hall–Kier alpha value is -2.36. The van der Waals surface area contributed by atoms with Crippen LogP contribution in [0, 0.1) is 19.8 Å². The molecule has 0 aliphatic carbocycles. The van der Waals surface area contributed by atoms with Crippen molar-refractivity contribution in [2.45, 2.75) is 33.6 Å². The highest BCUT2D eigenvalue weighted by atomic mass is 16.1. The zero-order valence-corrected chi connectivity index (χ0v) is 14.7. The number of piperidine rings is 1. The van der Waals surface area contributed by atoms with Gasteiger partial charge in [-0.1, -0.05) is 13.0 Å². The summed E-state index contributed by atoms with van der Waals surface area (Å²) in [5, 5.41) is 2.88. The molecule has 0 saturated carbocycles. The topological polar surface area (TPSA) is 45.2 Å². The molecule has 1 aliphatic rings. The predicted octanol–water partition coefficient (Wildman–Crippen LogP) is 4.19. The van der Waals surface area contributed by atoms with Gasteiger partial charge in [-0.25, -0.2) is 4.98 Å². The van der Waals surface area contributed by atoms with Crippen LogP contribution in [0.15, 0.2) is 36.5 Å². The van der Waals surface area contributed by atoms with Gasteiger partial charge < -0.3 is 10.2 Å². The fourth-order valence-corrected chi connectivity index (χ4v) is 3.14. The van der Waals surface area contributed by atoms with Gasteiger partial charge in [0.25, 0.3) is 5.91 Å². The summed E-state index contributed by atoms with van der Waals surface area (Å²) in [4.78, 5) is 19.1. The number of anilines is 2. The molecule has 2 aromatic rings. The van der Waals surface area contributed by atoms with Crippen molar-refractivity contribution in [1.82, 2.24) is 4.98 Å². The molecule has 1 aliphatic heterocycles. The minimum Gasteiger partial charge on any atom is -0.370 e. The van der Waals surface area contributed by atoms with Crippen molar-refractivity contribution in [1.29, 1.82) is 0 Å². The average Bonchev–Trinajstić information content (AvgIpc) is 2.58. The van der Waals surface area contributed by atoms with Crippen LogP contribution in [-0.4, -0.2) is 24.0 Å². The monoisotopic (exact) mass is 323 g/mol. The molecule has 0 bridgehead atoms. The standard InChI is InChI=1S/C20H25N3O/c1-14-5-4-10-23(13-14)18-8-9-19(21-12-18)22-20(24)17-7-6-15(2)16(3)11-17/h6-9,11-12,14H,4-5,10,13H2,1-3H3,(H,21,22,24). The summed E-state index contributed by atoms with van der Waals surface area (Å²) in [6.45, 7) is 8.51. The Morgan fingerprint density at radius 3 is 2.71 bits per heavy atom. The van der Waals surface area contributed by atoms with Crippen molar-refractivity contribution >= 4 is 17.4 Å². The van der Waals surface area contributed by atoms with Gasteiger partial charge in [-0.2, -0.15) is 0 Å². The van der Waals surface area contributed by atoms with Gasteiger partial charge in [0.15, 0.2) is 0 Å². The molecule has 126 valence electrons. The third-order valence-corrected chi connectivity index (χ3v) is 4.78. The number of hydrogen-bond acceptors (Lipinski definition) is 3. The van der Waals surface area contributed by atoms with Gasteiger partial charge in [-0.05, 0) is 68.0 Å². The number of benzene rings is 1. The summed E-state index contributed by atoms with van der Waals surface area (Å²) in [7, 11) is 0. The van der Waals surface area contributed by atoms with Gasteiger partial charge in [0.1, 0.15) is 5.82 Å². The zero-order valence-electron chi connectivity index (χ0n) is 14.7. The third kappa shape index (κ3) is 3.75. The number of aromatic nitrogens is 1. The van der Waals surface area contributed by atoms with Crippen LogP contribution in [0.25, 0.3) is 0 Å². The summed E-state index contributed by atoms with van der Waals surface area (Å²) >= 11 is 0.